The molecule has 3 atom stereocenters. The zero-order valence-corrected chi connectivity index (χ0v) is 23.5. The van der Waals surface area contributed by atoms with Crippen LogP contribution in [0.15, 0.2) is 24.3 Å². The van der Waals surface area contributed by atoms with Gasteiger partial charge in [-0.1, -0.05) is 71.1 Å². The summed E-state index contributed by atoms with van der Waals surface area (Å²) < 4.78 is 5.76. The van der Waals surface area contributed by atoms with Gasteiger partial charge < -0.3 is 26.6 Å². The van der Waals surface area contributed by atoms with Crippen molar-refractivity contribution in [1.29, 1.82) is 0 Å². The lowest BCUT2D eigenvalue weighted by atomic mass is 9.90. The maximum absolute atomic E-state index is 12.6. The van der Waals surface area contributed by atoms with Crippen LogP contribution < -0.4 is 21.5 Å². The second-order valence-corrected chi connectivity index (χ2v) is 10.1. The number of nitrogens with two attached hydrogens (primary N) is 2. The number of aliphatic carboxylic acids is 1. The summed E-state index contributed by atoms with van der Waals surface area (Å²) >= 11 is 0. The van der Waals surface area contributed by atoms with E-state index in [1.807, 2.05) is 0 Å². The number of rotatable bonds is 24. The Bertz CT molecular complexity index is 846. The fourth-order valence-corrected chi connectivity index (χ4v) is 4.31. The number of unbranched alkanes of at least 4 members (excludes halogenated alkanes) is 10. The minimum absolute atomic E-state index is 0.240. The van der Waals surface area contributed by atoms with E-state index in [9.17, 15) is 24.3 Å². The van der Waals surface area contributed by atoms with Crippen molar-refractivity contribution >= 4 is 23.9 Å². The summed E-state index contributed by atoms with van der Waals surface area (Å²) in [4.78, 5) is 48.3. The average Bonchev–Trinajstić information content (AvgIpc) is 2.93. The van der Waals surface area contributed by atoms with Gasteiger partial charge in [0.1, 0.15) is 11.8 Å². The number of Topliss-reactive ketones (excluding diaryl/α,β-unsaturated/α-hetero) is 1. The molecule has 0 aliphatic heterocycles. The average molecular weight is 547 g/mol. The highest BCUT2D eigenvalue weighted by atomic mass is 16.5. The molecule has 0 aromatic heterocycles. The third-order valence-electron chi connectivity index (χ3n) is 6.78. The van der Waals surface area contributed by atoms with E-state index in [-0.39, 0.29) is 5.56 Å². The molecule has 1 radical (unpaired) electrons. The molecule has 39 heavy (non-hydrogen) atoms. The van der Waals surface area contributed by atoms with Crippen LogP contribution in [-0.4, -0.2) is 54.3 Å². The number of hydrogen-bond acceptors (Lipinski definition) is 7. The Kier molecular flexibility index (Phi) is 18.5. The van der Waals surface area contributed by atoms with Crippen molar-refractivity contribution in [3.8, 4) is 5.75 Å². The molecule has 9 nitrogen and oxygen atoms in total. The maximum atomic E-state index is 12.6. The number of benzene rings is 1. The molecule has 0 bridgehead atoms. The number of carboxylic acid groups (broad SMARTS) is 1. The van der Waals surface area contributed by atoms with Gasteiger partial charge in [-0.15, -0.1) is 0 Å². The number of ether oxygens (including phenoxy) is 1. The number of carbonyl (C=O) groups excluding carboxylic acids is 3. The van der Waals surface area contributed by atoms with E-state index >= 15 is 0 Å². The van der Waals surface area contributed by atoms with Crippen LogP contribution in [0.3, 0.4) is 0 Å². The van der Waals surface area contributed by atoms with E-state index in [1.54, 1.807) is 30.6 Å². The first kappa shape index (κ1) is 34.2. The van der Waals surface area contributed by atoms with Gasteiger partial charge in [0.2, 0.25) is 6.29 Å². The van der Waals surface area contributed by atoms with Crippen LogP contribution in [0.25, 0.3) is 0 Å². The molecule has 1 rings (SSSR count). The number of carboxylic acids is 1. The van der Waals surface area contributed by atoms with Gasteiger partial charge in [0.05, 0.1) is 18.6 Å². The Hall–Kier alpha value is -2.78. The molecule has 1 amide bonds. The number of carbonyl (C=O) groups is 3. The van der Waals surface area contributed by atoms with Crippen LogP contribution in [0, 0.1) is 5.92 Å². The number of amides is 1. The van der Waals surface area contributed by atoms with Gasteiger partial charge in [-0.2, -0.15) is 0 Å². The largest absolute Gasteiger partial charge is 0.494 e. The van der Waals surface area contributed by atoms with Crippen molar-refractivity contribution in [2.45, 2.75) is 109 Å². The predicted molar refractivity (Wildman–Crippen MR) is 152 cm³/mol. The molecule has 0 spiro atoms. The predicted octanol–water partition coefficient (Wildman–Crippen LogP) is 4.31. The smallest absolute Gasteiger partial charge is 0.326 e. The normalized spacial score (nSPS) is 13.3. The topological polar surface area (TPSA) is 162 Å². The van der Waals surface area contributed by atoms with E-state index in [0.29, 0.717) is 38.2 Å². The molecule has 0 aliphatic carbocycles. The van der Waals surface area contributed by atoms with Gasteiger partial charge in [0.25, 0.3) is 5.91 Å². The highest BCUT2D eigenvalue weighted by molar-refractivity contribution is 5.99. The molecule has 0 fully saturated rings. The molecular weight excluding hydrogens is 498 g/mol. The third-order valence-corrected chi connectivity index (χ3v) is 6.78. The molecule has 1 aromatic rings. The molecular formula is C30H48N3O6. The molecule has 9 heteroatoms. The van der Waals surface area contributed by atoms with Gasteiger partial charge >= 0.3 is 5.97 Å². The van der Waals surface area contributed by atoms with Crippen molar-refractivity contribution in [3.05, 3.63) is 29.8 Å². The minimum atomic E-state index is -1.45. The fraction of sp³-hybridized carbons (Fsp3) is 0.667. The van der Waals surface area contributed by atoms with Crippen molar-refractivity contribution in [2.24, 2.45) is 17.4 Å². The van der Waals surface area contributed by atoms with Gasteiger partial charge in [0.15, 0.2) is 5.78 Å². The summed E-state index contributed by atoms with van der Waals surface area (Å²) in [5.74, 6) is -3.30. The summed E-state index contributed by atoms with van der Waals surface area (Å²) in [5.41, 5.74) is 11.5. The molecule has 0 heterocycles. The van der Waals surface area contributed by atoms with Crippen LogP contribution in [0.1, 0.15) is 107 Å². The van der Waals surface area contributed by atoms with Crippen LogP contribution in [0.4, 0.5) is 0 Å². The van der Waals surface area contributed by atoms with Crippen LogP contribution in [0.2, 0.25) is 0 Å². The highest BCUT2D eigenvalue weighted by Gasteiger charge is 2.31. The first-order chi connectivity index (χ1) is 18.8. The van der Waals surface area contributed by atoms with E-state index in [0.717, 1.165) is 12.8 Å². The van der Waals surface area contributed by atoms with Crippen LogP contribution in [0.5, 0.6) is 5.75 Å². The number of hydrogen-bond donors (Lipinski definition) is 4. The summed E-state index contributed by atoms with van der Waals surface area (Å²) in [6.07, 6.45) is 15.3. The Morgan fingerprint density at radius 1 is 0.923 bits per heavy atom. The van der Waals surface area contributed by atoms with E-state index in [4.69, 9.17) is 16.2 Å². The quantitative estimate of drug-likeness (QED) is 0.110. The van der Waals surface area contributed by atoms with E-state index in [2.05, 4.69) is 12.2 Å². The minimum Gasteiger partial charge on any atom is -0.494 e. The Morgan fingerprint density at radius 2 is 1.51 bits per heavy atom. The second kappa shape index (κ2) is 21.1. The molecule has 1 aromatic carbocycles. The lowest BCUT2D eigenvalue weighted by Crippen LogP contribution is -2.45. The molecule has 0 saturated heterocycles. The van der Waals surface area contributed by atoms with Gasteiger partial charge in [-0.25, -0.2) is 4.79 Å². The monoisotopic (exact) mass is 546 g/mol. The zero-order valence-electron chi connectivity index (χ0n) is 23.5. The maximum Gasteiger partial charge on any atom is 0.326 e. The highest BCUT2D eigenvalue weighted by Crippen LogP contribution is 2.16. The summed E-state index contributed by atoms with van der Waals surface area (Å²) in [5, 5.41) is 11.9. The third kappa shape index (κ3) is 14.8. The van der Waals surface area contributed by atoms with Crippen LogP contribution in [-0.2, 0) is 14.4 Å². The summed E-state index contributed by atoms with van der Waals surface area (Å²) in [7, 11) is 0. The van der Waals surface area contributed by atoms with Crippen molar-refractivity contribution in [3.63, 3.8) is 0 Å². The number of nitrogens with one attached hydrogen (secondary N) is 1. The van der Waals surface area contributed by atoms with Crippen molar-refractivity contribution < 1.29 is 29.0 Å². The summed E-state index contributed by atoms with van der Waals surface area (Å²) in [6.45, 7) is 3.28. The lowest BCUT2D eigenvalue weighted by Gasteiger charge is -2.19. The summed E-state index contributed by atoms with van der Waals surface area (Å²) in [6, 6.07) is 4.05. The Balaban J connectivity index is 2.45. The lowest BCUT2D eigenvalue weighted by molar-refractivity contribution is -0.139. The van der Waals surface area contributed by atoms with E-state index < -0.39 is 42.1 Å². The Labute approximate surface area is 233 Å². The Morgan fingerprint density at radius 3 is 2.05 bits per heavy atom. The first-order valence-electron chi connectivity index (χ1n) is 14.5. The molecule has 0 saturated carbocycles. The first-order valence-corrected chi connectivity index (χ1v) is 14.5. The standard InChI is InChI=1S/C30H48N3O6/c1-2-3-4-5-6-7-8-9-10-13-20-39-25-17-15-23(16-18-25)29(36)33-27(30(37)38)21-24(22-34)28(35)26(32)14-11-12-19-31/h15-18,24,26-27H,2-14,19-21,31-32H2,1H3,(H,33,36)(H,37,38)/t24?,26-,27-/m0/s1. The van der Waals surface area contributed by atoms with Gasteiger partial charge in [-0.05, 0) is 56.5 Å². The molecule has 6 N–H and O–H groups in total. The number of ketones is 1. The zero-order chi connectivity index (χ0) is 28.9. The molecule has 219 valence electrons. The van der Waals surface area contributed by atoms with E-state index in [1.165, 1.54) is 51.4 Å². The fourth-order valence-electron chi connectivity index (χ4n) is 4.31. The van der Waals surface area contributed by atoms with Crippen molar-refractivity contribution in [1.82, 2.24) is 5.32 Å². The van der Waals surface area contributed by atoms with Gasteiger partial charge in [-0.3, -0.25) is 14.4 Å². The van der Waals surface area contributed by atoms with Gasteiger partial charge in [0, 0.05) is 5.56 Å². The molecule has 1 unspecified atom stereocenters. The SMILES string of the molecule is CCCCCCCCCCCCOc1ccc(C(=O)N[C@@H](CC([C]=O)C(=O)[C@@H](N)CCCCN)C(=O)O)cc1. The molecule has 0 aliphatic rings. The second-order valence-electron chi connectivity index (χ2n) is 10.1. The van der Waals surface area contributed by atoms with Crippen molar-refractivity contribution in [2.75, 3.05) is 13.2 Å². The van der Waals surface area contributed by atoms with Crippen LogP contribution >= 0.6 is 0 Å².